The largest absolute Gasteiger partial charge is 0.492 e. The number of benzene rings is 1. The van der Waals surface area contributed by atoms with Crippen molar-refractivity contribution in [2.75, 3.05) is 26.3 Å². The van der Waals surface area contributed by atoms with Gasteiger partial charge in [0.05, 0.1) is 0 Å². The maximum absolute atomic E-state index is 13.0. The van der Waals surface area contributed by atoms with Crippen LogP contribution >= 0.6 is 0 Å². The molecule has 1 aliphatic heterocycles. The molecule has 0 spiro atoms. The van der Waals surface area contributed by atoms with Crippen LogP contribution in [0.5, 0.6) is 5.75 Å². The molecule has 1 unspecified atom stereocenters. The van der Waals surface area contributed by atoms with Gasteiger partial charge in [-0.1, -0.05) is 12.5 Å². The topological polar surface area (TPSA) is 32.7 Å². The van der Waals surface area contributed by atoms with E-state index < -0.39 is 0 Å². The molecule has 1 heterocycles. The zero-order chi connectivity index (χ0) is 13.5. The molecule has 4 heteroatoms. The Kier molecular flexibility index (Phi) is 5.61. The molecule has 1 atom stereocenters. The van der Waals surface area contributed by atoms with E-state index in [0.717, 1.165) is 25.9 Å². The molecular weight excluding hydrogens is 245 g/mol. The van der Waals surface area contributed by atoms with Crippen molar-refractivity contribution < 1.29 is 14.2 Å². The second-order valence-electron chi connectivity index (χ2n) is 5.00. The number of rotatable bonds is 6. The van der Waals surface area contributed by atoms with E-state index in [1.807, 2.05) is 0 Å². The molecule has 0 aromatic heterocycles. The summed E-state index contributed by atoms with van der Waals surface area (Å²) in [6.07, 6.45) is 4.44. The minimum absolute atomic E-state index is 0.242. The van der Waals surface area contributed by atoms with Crippen LogP contribution in [0.2, 0.25) is 0 Å². The van der Waals surface area contributed by atoms with Gasteiger partial charge in [-0.05, 0) is 37.9 Å². The fourth-order valence-corrected chi connectivity index (χ4v) is 2.67. The average molecular weight is 267 g/mol. The summed E-state index contributed by atoms with van der Waals surface area (Å²) in [5, 5.41) is 9.07. The van der Waals surface area contributed by atoms with Gasteiger partial charge in [-0.15, -0.1) is 0 Å². The number of ether oxygens (including phenoxy) is 1. The van der Waals surface area contributed by atoms with Gasteiger partial charge >= 0.3 is 0 Å². The highest BCUT2D eigenvalue weighted by Crippen LogP contribution is 2.19. The Morgan fingerprint density at radius 2 is 2.26 bits per heavy atom. The lowest BCUT2D eigenvalue weighted by Crippen LogP contribution is -2.42. The van der Waals surface area contributed by atoms with Crippen molar-refractivity contribution >= 4 is 0 Å². The maximum Gasteiger partial charge on any atom is 0.126 e. The zero-order valence-electron chi connectivity index (χ0n) is 11.2. The van der Waals surface area contributed by atoms with Gasteiger partial charge in [-0.25, -0.2) is 4.39 Å². The summed E-state index contributed by atoms with van der Waals surface area (Å²) in [6, 6.07) is 6.70. The van der Waals surface area contributed by atoms with Crippen LogP contribution in [0.25, 0.3) is 0 Å². The number of aliphatic hydroxyl groups excluding tert-OH is 1. The molecule has 0 amide bonds. The Morgan fingerprint density at radius 1 is 1.37 bits per heavy atom. The lowest BCUT2D eigenvalue weighted by molar-refractivity contribution is 0.101. The van der Waals surface area contributed by atoms with Crippen LogP contribution in [-0.4, -0.2) is 42.4 Å². The molecule has 0 aliphatic carbocycles. The second kappa shape index (κ2) is 7.46. The van der Waals surface area contributed by atoms with Crippen molar-refractivity contribution in [1.29, 1.82) is 0 Å². The number of hydrogen-bond acceptors (Lipinski definition) is 3. The van der Waals surface area contributed by atoms with Crippen molar-refractivity contribution in [3.8, 4) is 5.75 Å². The van der Waals surface area contributed by atoms with Gasteiger partial charge in [0.25, 0.3) is 0 Å². The van der Waals surface area contributed by atoms with E-state index in [0.29, 0.717) is 18.4 Å². The number of likely N-dealkylation sites (tertiary alicyclic amines) is 1. The molecule has 0 bridgehead atoms. The fraction of sp³-hybridized carbons (Fsp3) is 0.600. The average Bonchev–Trinajstić information content (AvgIpc) is 2.41. The van der Waals surface area contributed by atoms with E-state index in [4.69, 9.17) is 9.84 Å². The van der Waals surface area contributed by atoms with Gasteiger partial charge in [-0.3, -0.25) is 4.90 Å². The predicted molar refractivity (Wildman–Crippen MR) is 72.8 cm³/mol. The van der Waals surface area contributed by atoms with Crippen LogP contribution in [0.4, 0.5) is 4.39 Å². The Bertz CT molecular complexity index is 384. The Labute approximate surface area is 114 Å². The van der Waals surface area contributed by atoms with Crippen LogP contribution in [0.3, 0.4) is 0 Å². The van der Waals surface area contributed by atoms with Crippen LogP contribution < -0.4 is 4.74 Å². The van der Waals surface area contributed by atoms with Crippen LogP contribution in [-0.2, 0) is 0 Å². The summed E-state index contributed by atoms with van der Waals surface area (Å²) in [4.78, 5) is 2.37. The third-order valence-electron chi connectivity index (χ3n) is 3.65. The molecule has 1 fully saturated rings. The standard InChI is InChI=1S/C15H22FNO2/c16-13-4-3-6-15(12-13)19-11-9-17-8-2-1-5-14(17)7-10-18/h3-4,6,12,14,18H,1-2,5,7-11H2. The van der Waals surface area contributed by atoms with Crippen molar-refractivity contribution in [3.63, 3.8) is 0 Å². The molecule has 1 aromatic carbocycles. The molecule has 1 aromatic rings. The maximum atomic E-state index is 13.0. The Hall–Kier alpha value is -1.13. The van der Waals surface area contributed by atoms with Gasteiger partial charge in [0.2, 0.25) is 0 Å². The Morgan fingerprint density at radius 3 is 3.05 bits per heavy atom. The SMILES string of the molecule is OCCC1CCCCN1CCOc1cccc(F)c1. The fourth-order valence-electron chi connectivity index (χ4n) is 2.67. The van der Waals surface area contributed by atoms with Crippen LogP contribution in [0.1, 0.15) is 25.7 Å². The van der Waals surface area contributed by atoms with Crippen LogP contribution in [0.15, 0.2) is 24.3 Å². The van der Waals surface area contributed by atoms with E-state index in [1.54, 1.807) is 12.1 Å². The van der Waals surface area contributed by atoms with Crippen molar-refractivity contribution in [1.82, 2.24) is 4.90 Å². The minimum atomic E-state index is -0.270. The van der Waals surface area contributed by atoms with Gasteiger partial charge in [-0.2, -0.15) is 0 Å². The first-order chi connectivity index (χ1) is 9.29. The highest BCUT2D eigenvalue weighted by molar-refractivity contribution is 5.22. The number of nitrogens with zero attached hydrogens (tertiary/aromatic N) is 1. The molecule has 1 aliphatic rings. The first kappa shape index (κ1) is 14.3. The molecular formula is C15H22FNO2. The lowest BCUT2D eigenvalue weighted by Gasteiger charge is -2.35. The molecule has 106 valence electrons. The van der Waals surface area contributed by atoms with E-state index in [1.165, 1.54) is 25.0 Å². The summed E-state index contributed by atoms with van der Waals surface area (Å²) < 4.78 is 18.6. The zero-order valence-corrected chi connectivity index (χ0v) is 11.2. The molecule has 2 rings (SSSR count). The summed E-state index contributed by atoms with van der Waals surface area (Å²) in [5.74, 6) is 0.310. The molecule has 3 nitrogen and oxygen atoms in total. The Balaban J connectivity index is 1.77. The third-order valence-corrected chi connectivity index (χ3v) is 3.65. The minimum Gasteiger partial charge on any atom is -0.492 e. The van der Waals surface area contributed by atoms with Gasteiger partial charge in [0.1, 0.15) is 18.2 Å². The van der Waals surface area contributed by atoms with Crippen molar-refractivity contribution in [2.45, 2.75) is 31.7 Å². The smallest absolute Gasteiger partial charge is 0.126 e. The highest BCUT2D eigenvalue weighted by Gasteiger charge is 2.21. The van der Waals surface area contributed by atoms with Crippen molar-refractivity contribution in [3.05, 3.63) is 30.1 Å². The second-order valence-corrected chi connectivity index (χ2v) is 5.00. The van der Waals surface area contributed by atoms with E-state index in [2.05, 4.69) is 4.90 Å². The summed E-state index contributed by atoms with van der Waals surface area (Å²) >= 11 is 0. The third kappa shape index (κ3) is 4.48. The summed E-state index contributed by atoms with van der Waals surface area (Å²) in [6.45, 7) is 2.70. The number of aliphatic hydroxyl groups is 1. The van der Waals surface area contributed by atoms with Crippen LogP contribution in [0, 0.1) is 5.82 Å². The van der Waals surface area contributed by atoms with E-state index >= 15 is 0 Å². The van der Waals surface area contributed by atoms with Gasteiger partial charge in [0, 0.05) is 25.3 Å². The number of halogens is 1. The molecule has 1 saturated heterocycles. The molecule has 1 N–H and O–H groups in total. The van der Waals surface area contributed by atoms with E-state index in [-0.39, 0.29) is 12.4 Å². The van der Waals surface area contributed by atoms with Gasteiger partial charge < -0.3 is 9.84 Å². The number of piperidine rings is 1. The lowest BCUT2D eigenvalue weighted by atomic mass is 10.00. The first-order valence-corrected chi connectivity index (χ1v) is 7.03. The summed E-state index contributed by atoms with van der Waals surface area (Å²) in [7, 11) is 0. The monoisotopic (exact) mass is 267 g/mol. The summed E-state index contributed by atoms with van der Waals surface area (Å²) in [5.41, 5.74) is 0. The molecule has 0 radical (unpaired) electrons. The van der Waals surface area contributed by atoms with E-state index in [9.17, 15) is 4.39 Å². The highest BCUT2D eigenvalue weighted by atomic mass is 19.1. The predicted octanol–water partition coefficient (Wildman–Crippen LogP) is 2.44. The van der Waals surface area contributed by atoms with Crippen molar-refractivity contribution in [2.24, 2.45) is 0 Å². The first-order valence-electron chi connectivity index (χ1n) is 7.03. The normalized spacial score (nSPS) is 20.4. The molecule has 19 heavy (non-hydrogen) atoms. The van der Waals surface area contributed by atoms with Gasteiger partial charge in [0.15, 0.2) is 0 Å². The molecule has 0 saturated carbocycles. The number of hydrogen-bond donors (Lipinski definition) is 1. The quantitative estimate of drug-likeness (QED) is 0.859.